The van der Waals surface area contributed by atoms with E-state index in [2.05, 4.69) is 21.2 Å². The molecule has 1 N–H and O–H groups in total. The van der Waals surface area contributed by atoms with Crippen molar-refractivity contribution < 1.29 is 14.3 Å². The Morgan fingerprint density at radius 2 is 2.00 bits per heavy atom. The molecule has 0 fully saturated rings. The molecular weight excluding hydrogens is 378 g/mol. The minimum atomic E-state index is -0.551. The summed E-state index contributed by atoms with van der Waals surface area (Å²) in [5.74, 6) is -0.918. The number of carbonyl (C=O) groups is 2. The van der Waals surface area contributed by atoms with E-state index in [4.69, 9.17) is 4.74 Å². The molecule has 0 saturated heterocycles. The van der Waals surface area contributed by atoms with E-state index in [1.807, 2.05) is 44.2 Å². The van der Waals surface area contributed by atoms with Gasteiger partial charge in [-0.05, 0) is 71.2 Å². The predicted octanol–water partition coefficient (Wildman–Crippen LogP) is 4.32. The molecule has 0 atom stereocenters. The summed E-state index contributed by atoms with van der Waals surface area (Å²) >= 11 is 4.85. The van der Waals surface area contributed by atoms with Crippen LogP contribution in [-0.2, 0) is 14.3 Å². The Balaban J connectivity index is 1.80. The van der Waals surface area contributed by atoms with Crippen LogP contribution in [-0.4, -0.2) is 18.5 Å². The molecule has 2 aromatic rings. The highest BCUT2D eigenvalue weighted by Crippen LogP contribution is 2.22. The van der Waals surface area contributed by atoms with Crippen molar-refractivity contribution in [2.75, 3.05) is 11.9 Å². The zero-order chi connectivity index (χ0) is 16.8. The number of ether oxygens (including phenoxy) is 1. The highest BCUT2D eigenvalue weighted by atomic mass is 79.9. The van der Waals surface area contributed by atoms with E-state index in [1.54, 1.807) is 6.08 Å². The topological polar surface area (TPSA) is 55.4 Å². The van der Waals surface area contributed by atoms with E-state index in [0.717, 1.165) is 19.8 Å². The molecule has 1 amide bonds. The zero-order valence-corrected chi connectivity index (χ0v) is 15.2. The second-order valence-electron chi connectivity index (χ2n) is 4.93. The Morgan fingerprint density at radius 1 is 1.22 bits per heavy atom. The summed E-state index contributed by atoms with van der Waals surface area (Å²) in [5, 5.41) is 2.70. The zero-order valence-electron chi connectivity index (χ0n) is 12.8. The third kappa shape index (κ3) is 5.65. The van der Waals surface area contributed by atoms with Crippen molar-refractivity contribution in [1.82, 2.24) is 0 Å². The van der Waals surface area contributed by atoms with Crippen LogP contribution in [0.3, 0.4) is 0 Å². The number of rotatable bonds is 5. The number of carbonyl (C=O) groups excluding carboxylic acids is 2. The molecule has 23 heavy (non-hydrogen) atoms. The number of esters is 1. The standard InChI is InChI=1S/C17H16BrNO3S/c1-11-3-4-13(9-12(11)2)19-16(20)10-22-17(21)8-6-14-5-7-15(18)23-14/h3-9H,10H2,1-2H3,(H,19,20)/b8-6+. The van der Waals surface area contributed by atoms with Crippen molar-refractivity contribution in [2.24, 2.45) is 0 Å². The van der Waals surface area contributed by atoms with E-state index in [1.165, 1.54) is 17.4 Å². The van der Waals surface area contributed by atoms with Gasteiger partial charge in [-0.3, -0.25) is 4.79 Å². The first kappa shape index (κ1) is 17.4. The van der Waals surface area contributed by atoms with Crippen LogP contribution >= 0.6 is 27.3 Å². The Hall–Kier alpha value is -1.92. The average Bonchev–Trinajstić information content (AvgIpc) is 2.92. The molecule has 2 rings (SSSR count). The number of nitrogens with one attached hydrogen (secondary N) is 1. The molecule has 1 aromatic carbocycles. The number of hydrogen-bond acceptors (Lipinski definition) is 4. The molecule has 0 aliphatic carbocycles. The summed E-state index contributed by atoms with van der Waals surface area (Å²) in [6, 6.07) is 9.40. The second-order valence-corrected chi connectivity index (χ2v) is 7.42. The molecular formula is C17H16BrNO3S. The molecule has 6 heteroatoms. The van der Waals surface area contributed by atoms with Crippen LogP contribution in [0.1, 0.15) is 16.0 Å². The van der Waals surface area contributed by atoms with Gasteiger partial charge in [0.25, 0.3) is 5.91 Å². The molecule has 0 radical (unpaired) electrons. The van der Waals surface area contributed by atoms with Gasteiger partial charge in [0.2, 0.25) is 0 Å². The van der Waals surface area contributed by atoms with Gasteiger partial charge in [0.1, 0.15) is 0 Å². The van der Waals surface area contributed by atoms with Gasteiger partial charge in [0.15, 0.2) is 6.61 Å². The molecule has 1 heterocycles. The summed E-state index contributed by atoms with van der Waals surface area (Å²) in [5.41, 5.74) is 2.93. The Bertz CT molecular complexity index is 752. The first-order chi connectivity index (χ1) is 10.9. The molecule has 0 unspecified atom stereocenters. The minimum absolute atomic E-state index is 0.315. The van der Waals surface area contributed by atoms with Gasteiger partial charge >= 0.3 is 5.97 Å². The lowest BCUT2D eigenvalue weighted by Crippen LogP contribution is -2.20. The number of thiophene rings is 1. The van der Waals surface area contributed by atoms with Crippen LogP contribution in [0.5, 0.6) is 0 Å². The Morgan fingerprint density at radius 3 is 2.65 bits per heavy atom. The van der Waals surface area contributed by atoms with Crippen LogP contribution in [0.2, 0.25) is 0 Å². The Kier molecular flexibility index (Phi) is 6.12. The normalized spacial score (nSPS) is 10.7. The maximum absolute atomic E-state index is 11.8. The molecule has 4 nitrogen and oxygen atoms in total. The van der Waals surface area contributed by atoms with E-state index < -0.39 is 5.97 Å². The van der Waals surface area contributed by atoms with Crippen molar-refractivity contribution in [3.8, 4) is 0 Å². The predicted molar refractivity (Wildman–Crippen MR) is 96.6 cm³/mol. The van der Waals surface area contributed by atoms with Crippen LogP contribution < -0.4 is 5.32 Å². The van der Waals surface area contributed by atoms with Crippen molar-refractivity contribution in [3.05, 3.63) is 56.2 Å². The number of halogens is 1. The number of aryl methyl sites for hydroxylation is 2. The van der Waals surface area contributed by atoms with Gasteiger partial charge in [-0.1, -0.05) is 6.07 Å². The average molecular weight is 394 g/mol. The van der Waals surface area contributed by atoms with E-state index in [9.17, 15) is 9.59 Å². The fraction of sp³-hybridized carbons (Fsp3) is 0.176. The SMILES string of the molecule is Cc1ccc(NC(=O)COC(=O)/C=C/c2ccc(Br)s2)cc1C. The summed E-state index contributed by atoms with van der Waals surface area (Å²) in [4.78, 5) is 24.3. The largest absolute Gasteiger partial charge is 0.452 e. The van der Waals surface area contributed by atoms with Crippen molar-refractivity contribution in [1.29, 1.82) is 0 Å². The maximum Gasteiger partial charge on any atom is 0.331 e. The summed E-state index contributed by atoms with van der Waals surface area (Å²) in [6.45, 7) is 3.66. The van der Waals surface area contributed by atoms with Gasteiger partial charge < -0.3 is 10.1 Å². The fourth-order valence-corrected chi connectivity index (χ4v) is 3.10. The van der Waals surface area contributed by atoms with E-state index >= 15 is 0 Å². The van der Waals surface area contributed by atoms with Gasteiger partial charge in [0, 0.05) is 16.6 Å². The number of amides is 1. The van der Waals surface area contributed by atoms with Crippen LogP contribution in [0.15, 0.2) is 40.2 Å². The van der Waals surface area contributed by atoms with E-state index in [0.29, 0.717) is 5.69 Å². The van der Waals surface area contributed by atoms with Crippen molar-refractivity contribution in [2.45, 2.75) is 13.8 Å². The third-order valence-corrected chi connectivity index (χ3v) is 4.70. The number of hydrogen-bond donors (Lipinski definition) is 1. The van der Waals surface area contributed by atoms with Crippen LogP contribution in [0, 0.1) is 13.8 Å². The van der Waals surface area contributed by atoms with Gasteiger partial charge in [-0.2, -0.15) is 0 Å². The lowest BCUT2D eigenvalue weighted by Gasteiger charge is -2.07. The number of benzene rings is 1. The van der Waals surface area contributed by atoms with Gasteiger partial charge in [-0.15, -0.1) is 11.3 Å². The minimum Gasteiger partial charge on any atom is -0.452 e. The third-order valence-electron chi connectivity index (χ3n) is 3.11. The van der Waals surface area contributed by atoms with Crippen molar-refractivity contribution >= 4 is 50.9 Å². The highest BCUT2D eigenvalue weighted by molar-refractivity contribution is 9.11. The lowest BCUT2D eigenvalue weighted by molar-refractivity contribution is -0.142. The summed E-state index contributed by atoms with van der Waals surface area (Å²) in [7, 11) is 0. The monoisotopic (exact) mass is 393 g/mol. The molecule has 120 valence electrons. The smallest absolute Gasteiger partial charge is 0.331 e. The van der Waals surface area contributed by atoms with Crippen LogP contribution in [0.25, 0.3) is 6.08 Å². The van der Waals surface area contributed by atoms with Gasteiger partial charge in [0.05, 0.1) is 3.79 Å². The quantitative estimate of drug-likeness (QED) is 0.607. The Labute approximate surface area is 147 Å². The van der Waals surface area contributed by atoms with E-state index in [-0.39, 0.29) is 12.5 Å². The summed E-state index contributed by atoms with van der Waals surface area (Å²) in [6.07, 6.45) is 2.96. The van der Waals surface area contributed by atoms with Crippen molar-refractivity contribution in [3.63, 3.8) is 0 Å². The molecule has 0 bridgehead atoms. The fourth-order valence-electron chi connectivity index (χ4n) is 1.77. The molecule has 1 aromatic heterocycles. The lowest BCUT2D eigenvalue weighted by atomic mass is 10.1. The number of anilines is 1. The summed E-state index contributed by atoms with van der Waals surface area (Å²) < 4.78 is 5.90. The molecule has 0 aliphatic rings. The highest BCUT2D eigenvalue weighted by Gasteiger charge is 2.06. The van der Waals surface area contributed by atoms with Crippen LogP contribution in [0.4, 0.5) is 5.69 Å². The molecule has 0 aliphatic heterocycles. The first-order valence-electron chi connectivity index (χ1n) is 6.91. The second kappa shape index (κ2) is 8.08. The maximum atomic E-state index is 11.8. The van der Waals surface area contributed by atoms with Gasteiger partial charge in [-0.25, -0.2) is 4.79 Å². The molecule has 0 spiro atoms. The molecule has 0 saturated carbocycles. The first-order valence-corrected chi connectivity index (χ1v) is 8.52.